The third-order valence-electron chi connectivity index (χ3n) is 4.98. The smallest absolute Gasteiger partial charge is 0.317 e. The molecule has 1 saturated heterocycles. The van der Waals surface area contributed by atoms with Gasteiger partial charge >= 0.3 is 6.03 Å². The van der Waals surface area contributed by atoms with Crippen LogP contribution in [-0.4, -0.2) is 61.3 Å². The third kappa shape index (κ3) is 3.89. The van der Waals surface area contributed by atoms with Crippen LogP contribution in [0.5, 0.6) is 11.5 Å². The lowest BCUT2D eigenvalue weighted by Crippen LogP contribution is -2.52. The average Bonchev–Trinajstić information content (AvgIpc) is 3.30. The number of rotatable bonds is 5. The highest BCUT2D eigenvalue weighted by Gasteiger charge is 2.23. The predicted molar refractivity (Wildman–Crippen MR) is 107 cm³/mol. The van der Waals surface area contributed by atoms with Crippen molar-refractivity contribution in [1.29, 1.82) is 0 Å². The number of amides is 2. The van der Waals surface area contributed by atoms with Crippen molar-refractivity contribution >= 4 is 22.8 Å². The van der Waals surface area contributed by atoms with Crippen LogP contribution < -0.4 is 19.7 Å². The topological polar surface area (TPSA) is 93.0 Å². The van der Waals surface area contributed by atoms with Crippen LogP contribution in [0.15, 0.2) is 41.3 Å². The van der Waals surface area contributed by atoms with Crippen LogP contribution >= 0.6 is 0 Å². The number of methoxy groups -OCH3 is 2. The van der Waals surface area contributed by atoms with Gasteiger partial charge < -0.3 is 29.0 Å². The molecule has 2 amide bonds. The molecule has 0 unspecified atom stereocenters. The molecule has 9 heteroatoms. The van der Waals surface area contributed by atoms with E-state index in [9.17, 15) is 4.79 Å². The summed E-state index contributed by atoms with van der Waals surface area (Å²) in [6.07, 6.45) is 3.14. The van der Waals surface area contributed by atoms with Crippen molar-refractivity contribution in [3.8, 4) is 11.5 Å². The number of furan rings is 1. The minimum absolute atomic E-state index is 0.0972. The second-order valence-electron chi connectivity index (χ2n) is 6.63. The van der Waals surface area contributed by atoms with Gasteiger partial charge in [-0.2, -0.15) is 0 Å². The fourth-order valence-corrected chi connectivity index (χ4v) is 3.43. The summed E-state index contributed by atoms with van der Waals surface area (Å²) in [6, 6.07) is 7.28. The van der Waals surface area contributed by atoms with Crippen LogP contribution in [0.1, 0.15) is 5.76 Å². The molecule has 0 atom stereocenters. The number of anilines is 1. The van der Waals surface area contributed by atoms with Gasteiger partial charge in [0.05, 0.1) is 32.5 Å². The van der Waals surface area contributed by atoms with Gasteiger partial charge in [0, 0.05) is 37.6 Å². The molecule has 1 aliphatic heterocycles. The highest BCUT2D eigenvalue weighted by molar-refractivity contribution is 5.92. The summed E-state index contributed by atoms with van der Waals surface area (Å²) >= 11 is 0. The van der Waals surface area contributed by atoms with E-state index in [4.69, 9.17) is 13.9 Å². The lowest BCUT2D eigenvalue weighted by Gasteiger charge is -2.35. The molecule has 4 rings (SSSR count). The van der Waals surface area contributed by atoms with Gasteiger partial charge in [0.25, 0.3) is 0 Å². The first kappa shape index (κ1) is 18.9. The number of nitrogens with zero attached hydrogens (tertiary/aromatic N) is 4. The number of aromatic nitrogens is 2. The highest BCUT2D eigenvalue weighted by atomic mass is 16.5. The van der Waals surface area contributed by atoms with E-state index in [2.05, 4.69) is 20.2 Å². The van der Waals surface area contributed by atoms with Gasteiger partial charge in [0.1, 0.15) is 17.9 Å². The van der Waals surface area contributed by atoms with Crippen LogP contribution in [0.2, 0.25) is 0 Å². The first-order valence-electron chi connectivity index (χ1n) is 9.36. The summed E-state index contributed by atoms with van der Waals surface area (Å²) < 4.78 is 16.0. The zero-order valence-electron chi connectivity index (χ0n) is 16.4. The van der Waals surface area contributed by atoms with E-state index in [0.29, 0.717) is 44.2 Å². The number of fused-ring (bicyclic) bond motifs is 1. The number of ether oxygens (including phenoxy) is 2. The van der Waals surface area contributed by atoms with Crippen molar-refractivity contribution in [2.75, 3.05) is 45.3 Å². The number of benzene rings is 1. The molecule has 9 nitrogen and oxygen atoms in total. The van der Waals surface area contributed by atoms with Crippen LogP contribution in [0.4, 0.5) is 10.6 Å². The quantitative estimate of drug-likeness (QED) is 0.706. The molecule has 3 aromatic rings. The van der Waals surface area contributed by atoms with Crippen LogP contribution in [0.3, 0.4) is 0 Å². The number of carbonyl (C=O) groups is 1. The normalized spacial score (nSPS) is 14.1. The van der Waals surface area contributed by atoms with Crippen molar-refractivity contribution in [3.05, 3.63) is 42.6 Å². The first-order valence-corrected chi connectivity index (χ1v) is 9.36. The SMILES string of the molecule is COc1cc2ncnc(N3CCN(C(=O)NCc4ccco4)CC3)c2cc1OC. The Labute approximate surface area is 168 Å². The van der Waals surface area contributed by atoms with E-state index in [1.54, 1.807) is 37.8 Å². The summed E-state index contributed by atoms with van der Waals surface area (Å²) in [6.45, 7) is 2.93. The largest absolute Gasteiger partial charge is 0.493 e. The second kappa shape index (κ2) is 8.26. The Kier molecular flexibility index (Phi) is 5.37. The van der Waals surface area contributed by atoms with Crippen LogP contribution in [-0.2, 0) is 6.54 Å². The number of carbonyl (C=O) groups excluding carboxylic acids is 1. The maximum absolute atomic E-state index is 12.4. The van der Waals surface area contributed by atoms with Crippen molar-refractivity contribution in [1.82, 2.24) is 20.2 Å². The molecule has 1 N–H and O–H groups in total. The molecule has 1 aliphatic rings. The molecule has 2 aromatic heterocycles. The van der Waals surface area contributed by atoms with E-state index in [-0.39, 0.29) is 6.03 Å². The Hall–Kier alpha value is -3.49. The molecule has 3 heterocycles. The molecule has 0 radical (unpaired) electrons. The fourth-order valence-electron chi connectivity index (χ4n) is 3.43. The summed E-state index contributed by atoms with van der Waals surface area (Å²) in [5.41, 5.74) is 0.784. The van der Waals surface area contributed by atoms with E-state index in [0.717, 1.165) is 22.5 Å². The van der Waals surface area contributed by atoms with E-state index in [1.165, 1.54) is 0 Å². The Morgan fingerprint density at radius 2 is 1.90 bits per heavy atom. The zero-order chi connectivity index (χ0) is 20.2. The highest BCUT2D eigenvalue weighted by Crippen LogP contribution is 2.34. The van der Waals surface area contributed by atoms with Gasteiger partial charge in [-0.15, -0.1) is 0 Å². The van der Waals surface area contributed by atoms with E-state index in [1.807, 2.05) is 18.2 Å². The van der Waals surface area contributed by atoms with Gasteiger partial charge in [-0.1, -0.05) is 0 Å². The minimum atomic E-state index is -0.0972. The summed E-state index contributed by atoms with van der Waals surface area (Å²) in [5, 5.41) is 3.78. The van der Waals surface area contributed by atoms with Gasteiger partial charge in [-0.25, -0.2) is 14.8 Å². The number of hydrogen-bond donors (Lipinski definition) is 1. The molecule has 29 heavy (non-hydrogen) atoms. The second-order valence-corrected chi connectivity index (χ2v) is 6.63. The van der Waals surface area contributed by atoms with Gasteiger partial charge in [0.15, 0.2) is 11.5 Å². The zero-order valence-corrected chi connectivity index (χ0v) is 16.4. The molecular weight excluding hydrogens is 374 g/mol. The van der Waals surface area contributed by atoms with Crippen LogP contribution in [0.25, 0.3) is 10.9 Å². The Bertz CT molecular complexity index is 984. The van der Waals surface area contributed by atoms with Gasteiger partial charge in [-0.05, 0) is 18.2 Å². The van der Waals surface area contributed by atoms with Crippen LogP contribution in [0, 0.1) is 0 Å². The molecule has 152 valence electrons. The van der Waals surface area contributed by atoms with Crippen molar-refractivity contribution in [2.24, 2.45) is 0 Å². The van der Waals surface area contributed by atoms with E-state index < -0.39 is 0 Å². The number of urea groups is 1. The Morgan fingerprint density at radius 1 is 1.14 bits per heavy atom. The molecule has 0 aliphatic carbocycles. The molecule has 0 bridgehead atoms. The molecule has 0 spiro atoms. The average molecular weight is 397 g/mol. The third-order valence-corrected chi connectivity index (χ3v) is 4.98. The minimum Gasteiger partial charge on any atom is -0.493 e. The first-order chi connectivity index (χ1) is 14.2. The van der Waals surface area contributed by atoms with Crippen molar-refractivity contribution in [2.45, 2.75) is 6.54 Å². The maximum Gasteiger partial charge on any atom is 0.317 e. The van der Waals surface area contributed by atoms with Gasteiger partial charge in [-0.3, -0.25) is 0 Å². The maximum atomic E-state index is 12.4. The number of nitrogens with one attached hydrogen (secondary N) is 1. The summed E-state index contributed by atoms with van der Waals surface area (Å²) in [4.78, 5) is 25.2. The summed E-state index contributed by atoms with van der Waals surface area (Å²) in [7, 11) is 3.20. The lowest BCUT2D eigenvalue weighted by atomic mass is 10.2. The molecule has 0 saturated carbocycles. The lowest BCUT2D eigenvalue weighted by molar-refractivity contribution is 0.193. The Morgan fingerprint density at radius 3 is 2.59 bits per heavy atom. The molecule has 1 fully saturated rings. The van der Waals surface area contributed by atoms with Crippen molar-refractivity contribution in [3.63, 3.8) is 0 Å². The standard InChI is InChI=1S/C20H23N5O4/c1-27-17-10-15-16(11-18(17)28-2)22-13-23-19(15)24-5-7-25(8-6-24)20(26)21-12-14-4-3-9-29-14/h3-4,9-11,13H,5-8,12H2,1-2H3,(H,21,26). The van der Waals surface area contributed by atoms with Crippen molar-refractivity contribution < 1.29 is 18.7 Å². The predicted octanol–water partition coefficient (Wildman–Crippen LogP) is 2.27. The fraction of sp³-hybridized carbons (Fsp3) is 0.350. The summed E-state index contributed by atoms with van der Waals surface area (Å²) in [5.74, 6) is 2.81. The number of hydrogen-bond acceptors (Lipinski definition) is 7. The van der Waals surface area contributed by atoms with Gasteiger partial charge in [0.2, 0.25) is 0 Å². The number of piperazine rings is 1. The molecular formula is C20H23N5O4. The molecule has 1 aromatic carbocycles. The van der Waals surface area contributed by atoms with E-state index >= 15 is 0 Å². The monoisotopic (exact) mass is 397 g/mol. The Balaban J connectivity index is 1.45.